The van der Waals surface area contributed by atoms with E-state index in [0.717, 1.165) is 20.9 Å². The molecule has 2 N–H and O–H groups in total. The maximum absolute atomic E-state index is 12.4. The molecule has 0 spiro atoms. The van der Waals surface area contributed by atoms with E-state index in [9.17, 15) is 4.21 Å². The number of aryl methyl sites for hydroxylation is 1. The van der Waals surface area contributed by atoms with Crippen molar-refractivity contribution < 1.29 is 8.73 Å². The predicted molar refractivity (Wildman–Crippen MR) is 113 cm³/mol. The Hall–Kier alpha value is -2.23. The van der Waals surface area contributed by atoms with Crippen molar-refractivity contribution in [3.05, 3.63) is 46.1 Å². The van der Waals surface area contributed by atoms with Gasteiger partial charge >= 0.3 is 0 Å². The highest BCUT2D eigenvalue weighted by atomic mass is 35.5. The molecule has 28 heavy (non-hydrogen) atoms. The van der Waals surface area contributed by atoms with Gasteiger partial charge in [0.05, 0.1) is 15.7 Å². The number of nitrogens with zero attached hydrogens (tertiary/aromatic N) is 4. The number of aromatic nitrogens is 2. The van der Waals surface area contributed by atoms with Crippen molar-refractivity contribution in [2.45, 2.75) is 19.4 Å². The molecule has 1 aliphatic rings. The van der Waals surface area contributed by atoms with E-state index in [4.69, 9.17) is 21.9 Å². The van der Waals surface area contributed by atoms with Crippen molar-refractivity contribution in [2.75, 3.05) is 12.8 Å². The van der Waals surface area contributed by atoms with Gasteiger partial charge in [0.25, 0.3) is 0 Å². The Balaban J connectivity index is 1.74. The Morgan fingerprint density at radius 3 is 2.79 bits per heavy atom. The Labute approximate surface area is 173 Å². The largest absolute Gasteiger partial charge is 0.369 e. The van der Waals surface area contributed by atoms with Gasteiger partial charge < -0.3 is 10.3 Å². The molecule has 2 aromatic heterocycles. The fraction of sp³-hybridized carbons (Fsp3) is 0.278. The molecule has 0 saturated heterocycles. The summed E-state index contributed by atoms with van der Waals surface area (Å²) in [4.78, 5) is 10.7. The maximum Gasteiger partial charge on any atom is 0.223 e. The molecule has 0 amide bonds. The molecule has 0 fully saturated rings. The summed E-state index contributed by atoms with van der Waals surface area (Å²) in [5, 5.41) is 4.56. The fourth-order valence-electron chi connectivity index (χ4n) is 3.02. The first kappa shape index (κ1) is 19.1. The number of thiophene rings is 1. The van der Waals surface area contributed by atoms with E-state index in [1.54, 1.807) is 14.0 Å². The topological polar surface area (TPSA) is 97.6 Å². The molecule has 1 aromatic carbocycles. The standard InChI is InChI=1S/C18H18ClN5O2S2/c1-10-21-16(23-26-10)12-6-4-5-11(7-12)14-8-13(19)15(27-14)18(2)9-28(25)24(3)17(20)22-18/h4-8H,9H2,1-3H3,(H2,20,22)/t18-,28?/m0/s1. The van der Waals surface area contributed by atoms with Crippen LogP contribution < -0.4 is 5.73 Å². The molecule has 1 unspecified atom stereocenters. The monoisotopic (exact) mass is 435 g/mol. The number of guanidine groups is 1. The number of nitrogens with two attached hydrogens (primary N) is 1. The second-order valence-electron chi connectivity index (χ2n) is 6.71. The van der Waals surface area contributed by atoms with Crippen molar-refractivity contribution in [1.82, 2.24) is 14.4 Å². The summed E-state index contributed by atoms with van der Waals surface area (Å²) in [6.07, 6.45) is 0. The van der Waals surface area contributed by atoms with Gasteiger partial charge in [-0.05, 0) is 24.6 Å². The minimum absolute atomic E-state index is 0.243. The van der Waals surface area contributed by atoms with E-state index >= 15 is 0 Å². The van der Waals surface area contributed by atoms with Gasteiger partial charge in [-0.2, -0.15) is 4.98 Å². The summed E-state index contributed by atoms with van der Waals surface area (Å²) in [6, 6.07) is 9.75. The Kier molecular flexibility index (Phi) is 4.76. The lowest BCUT2D eigenvalue weighted by molar-refractivity contribution is 0.394. The first-order valence-electron chi connectivity index (χ1n) is 8.45. The molecule has 0 saturated carbocycles. The lowest BCUT2D eigenvalue weighted by Crippen LogP contribution is -2.47. The van der Waals surface area contributed by atoms with E-state index < -0.39 is 16.5 Å². The van der Waals surface area contributed by atoms with Crippen LogP contribution >= 0.6 is 22.9 Å². The fourth-order valence-corrected chi connectivity index (χ4v) is 5.87. The quantitative estimate of drug-likeness (QED) is 0.678. The molecule has 7 nitrogen and oxygen atoms in total. The number of benzene rings is 1. The third-order valence-corrected chi connectivity index (χ3v) is 7.96. The molecule has 0 aliphatic carbocycles. The van der Waals surface area contributed by atoms with Crippen LogP contribution in [-0.4, -0.2) is 37.4 Å². The molecule has 4 rings (SSSR count). The van der Waals surface area contributed by atoms with E-state index in [2.05, 4.69) is 15.1 Å². The normalized spacial score (nSPS) is 22.4. The van der Waals surface area contributed by atoms with Gasteiger partial charge in [-0.1, -0.05) is 35.0 Å². The summed E-state index contributed by atoms with van der Waals surface area (Å²) in [5.41, 5.74) is 7.06. The number of aliphatic imine (C=N–C) groups is 1. The van der Waals surface area contributed by atoms with Crippen molar-refractivity contribution in [2.24, 2.45) is 10.7 Å². The molecule has 0 radical (unpaired) electrons. The van der Waals surface area contributed by atoms with Gasteiger partial charge in [0.2, 0.25) is 17.7 Å². The average Bonchev–Trinajstić information content (AvgIpc) is 3.26. The third-order valence-electron chi connectivity index (χ3n) is 4.50. The van der Waals surface area contributed by atoms with Crippen LogP contribution in [0.2, 0.25) is 5.02 Å². The SMILES string of the molecule is Cc1nc(-c2cccc(-c3cc(Cl)c([C@]4(C)CS(=O)N(C)C(N)=N4)s3)c2)no1. The zero-order valence-corrected chi connectivity index (χ0v) is 17.9. The van der Waals surface area contributed by atoms with E-state index in [0.29, 0.717) is 22.5 Å². The average molecular weight is 436 g/mol. The van der Waals surface area contributed by atoms with Gasteiger partial charge in [0, 0.05) is 24.4 Å². The molecule has 146 valence electrons. The summed E-state index contributed by atoms with van der Waals surface area (Å²) >= 11 is 8.08. The first-order chi connectivity index (χ1) is 13.3. The van der Waals surface area contributed by atoms with Gasteiger partial charge in [-0.25, -0.2) is 9.20 Å². The van der Waals surface area contributed by atoms with Gasteiger partial charge in [0.1, 0.15) is 16.5 Å². The summed E-state index contributed by atoms with van der Waals surface area (Å²) in [6.45, 7) is 3.66. The van der Waals surface area contributed by atoms with Gasteiger partial charge in [-0.3, -0.25) is 4.31 Å². The minimum atomic E-state index is -1.26. The van der Waals surface area contributed by atoms with Crippen LogP contribution in [-0.2, 0) is 16.5 Å². The van der Waals surface area contributed by atoms with Crippen molar-refractivity contribution >= 4 is 39.9 Å². The van der Waals surface area contributed by atoms with Crippen LogP contribution in [0.1, 0.15) is 17.7 Å². The van der Waals surface area contributed by atoms with Gasteiger partial charge in [-0.15, -0.1) is 11.3 Å². The summed E-state index contributed by atoms with van der Waals surface area (Å²) < 4.78 is 18.9. The molecular formula is C18H18ClN5O2S2. The highest BCUT2D eigenvalue weighted by molar-refractivity contribution is 7.83. The number of halogens is 1. The highest BCUT2D eigenvalue weighted by Gasteiger charge is 2.38. The first-order valence-corrected chi connectivity index (χ1v) is 10.9. The highest BCUT2D eigenvalue weighted by Crippen LogP contribution is 2.44. The van der Waals surface area contributed by atoms with E-state index in [1.165, 1.54) is 15.6 Å². The number of rotatable bonds is 3. The van der Waals surface area contributed by atoms with Crippen molar-refractivity contribution in [1.29, 1.82) is 0 Å². The van der Waals surface area contributed by atoms with Crippen LogP contribution in [0.5, 0.6) is 0 Å². The molecule has 10 heteroatoms. The zero-order chi connectivity index (χ0) is 20.1. The number of hydrogen-bond acceptors (Lipinski definition) is 7. The lowest BCUT2D eigenvalue weighted by atomic mass is 10.0. The van der Waals surface area contributed by atoms with E-state index in [1.807, 2.05) is 37.3 Å². The third kappa shape index (κ3) is 3.34. The van der Waals surface area contributed by atoms with Crippen LogP contribution in [0.4, 0.5) is 0 Å². The van der Waals surface area contributed by atoms with Crippen LogP contribution in [0, 0.1) is 6.92 Å². The summed E-state index contributed by atoms with van der Waals surface area (Å²) in [7, 11) is 0.412. The Morgan fingerprint density at radius 1 is 1.36 bits per heavy atom. The van der Waals surface area contributed by atoms with Crippen molar-refractivity contribution in [3.8, 4) is 21.8 Å². The van der Waals surface area contributed by atoms with Crippen molar-refractivity contribution in [3.63, 3.8) is 0 Å². The second kappa shape index (κ2) is 6.98. The van der Waals surface area contributed by atoms with Crippen LogP contribution in [0.25, 0.3) is 21.8 Å². The zero-order valence-electron chi connectivity index (χ0n) is 15.5. The van der Waals surface area contributed by atoms with Crippen LogP contribution in [0.3, 0.4) is 0 Å². The Bertz CT molecular complexity index is 1110. The lowest BCUT2D eigenvalue weighted by Gasteiger charge is -2.33. The second-order valence-corrected chi connectivity index (χ2v) is 9.65. The molecule has 2 atom stereocenters. The smallest absolute Gasteiger partial charge is 0.223 e. The van der Waals surface area contributed by atoms with E-state index in [-0.39, 0.29) is 5.96 Å². The van der Waals surface area contributed by atoms with Crippen LogP contribution in [0.15, 0.2) is 39.8 Å². The maximum atomic E-state index is 12.4. The molecule has 0 bridgehead atoms. The molecular weight excluding hydrogens is 418 g/mol. The predicted octanol–water partition coefficient (Wildman–Crippen LogP) is 3.57. The minimum Gasteiger partial charge on any atom is -0.369 e. The number of hydrogen-bond donors (Lipinski definition) is 1. The summed E-state index contributed by atoms with van der Waals surface area (Å²) in [5.74, 6) is 1.62. The molecule has 3 aromatic rings. The van der Waals surface area contributed by atoms with Gasteiger partial charge in [0.15, 0.2) is 0 Å². The Morgan fingerprint density at radius 2 is 2.11 bits per heavy atom. The molecule has 1 aliphatic heterocycles. The molecule has 3 heterocycles.